The minimum absolute atomic E-state index is 0.0244. The van der Waals surface area contributed by atoms with E-state index in [1.807, 2.05) is 49.4 Å². The predicted octanol–water partition coefficient (Wildman–Crippen LogP) is 3.99. The molecule has 0 spiro atoms. The predicted molar refractivity (Wildman–Crippen MR) is 107 cm³/mol. The molecule has 0 aliphatic carbocycles. The lowest BCUT2D eigenvalue weighted by Gasteiger charge is -2.12. The number of carbonyl (C=O) groups excluding carboxylic acids is 1. The van der Waals surface area contributed by atoms with Gasteiger partial charge in [-0.2, -0.15) is 4.98 Å². The Morgan fingerprint density at radius 3 is 2.61 bits per heavy atom. The molecular weight excluding hydrogens is 354 g/mol. The SMILES string of the molecule is CCOc1ccc(-c2noc(CCC(=O)NCC(C)c3ccccc3)n2)cc1. The molecule has 0 aliphatic rings. The normalized spacial score (nSPS) is 11.8. The summed E-state index contributed by atoms with van der Waals surface area (Å²) in [5.41, 5.74) is 2.05. The lowest BCUT2D eigenvalue weighted by atomic mass is 10.0. The number of hydrogen-bond acceptors (Lipinski definition) is 5. The fraction of sp³-hybridized carbons (Fsp3) is 0.318. The van der Waals surface area contributed by atoms with E-state index in [2.05, 4.69) is 34.5 Å². The van der Waals surface area contributed by atoms with Gasteiger partial charge >= 0.3 is 0 Å². The molecule has 3 aromatic rings. The number of benzene rings is 2. The summed E-state index contributed by atoms with van der Waals surface area (Å²) in [5, 5.41) is 6.96. The van der Waals surface area contributed by atoms with E-state index in [0.717, 1.165) is 11.3 Å². The highest BCUT2D eigenvalue weighted by Gasteiger charge is 2.12. The minimum Gasteiger partial charge on any atom is -0.494 e. The van der Waals surface area contributed by atoms with Crippen LogP contribution in [0.2, 0.25) is 0 Å². The molecule has 0 radical (unpaired) electrons. The number of amides is 1. The lowest BCUT2D eigenvalue weighted by molar-refractivity contribution is -0.121. The van der Waals surface area contributed by atoms with Gasteiger partial charge in [-0.3, -0.25) is 4.79 Å². The molecule has 0 aliphatic heterocycles. The van der Waals surface area contributed by atoms with Crippen LogP contribution >= 0.6 is 0 Å². The minimum atomic E-state index is -0.0244. The number of ether oxygens (including phenoxy) is 1. The number of aryl methyl sites for hydroxylation is 1. The van der Waals surface area contributed by atoms with Crippen molar-refractivity contribution in [1.82, 2.24) is 15.5 Å². The van der Waals surface area contributed by atoms with Gasteiger partial charge in [0.15, 0.2) is 0 Å². The number of aromatic nitrogens is 2. The van der Waals surface area contributed by atoms with Gasteiger partial charge in [-0.05, 0) is 42.7 Å². The molecule has 146 valence electrons. The number of nitrogens with zero attached hydrogens (tertiary/aromatic N) is 2. The summed E-state index contributed by atoms with van der Waals surface area (Å²) in [6, 6.07) is 17.6. The molecule has 2 aromatic carbocycles. The van der Waals surface area contributed by atoms with Gasteiger partial charge in [-0.25, -0.2) is 0 Å². The summed E-state index contributed by atoms with van der Waals surface area (Å²) in [6.07, 6.45) is 0.724. The third kappa shape index (κ3) is 5.42. The molecular formula is C22H25N3O3. The van der Waals surface area contributed by atoms with Crippen LogP contribution in [0.15, 0.2) is 59.1 Å². The summed E-state index contributed by atoms with van der Waals surface area (Å²) in [4.78, 5) is 16.5. The fourth-order valence-electron chi connectivity index (χ4n) is 2.82. The van der Waals surface area contributed by atoms with Gasteiger partial charge in [0.05, 0.1) is 6.61 Å². The second-order valence-corrected chi connectivity index (χ2v) is 6.58. The lowest BCUT2D eigenvalue weighted by Crippen LogP contribution is -2.27. The third-order valence-corrected chi connectivity index (χ3v) is 4.43. The Hall–Kier alpha value is -3.15. The maximum absolute atomic E-state index is 12.1. The summed E-state index contributed by atoms with van der Waals surface area (Å²) in [5.74, 6) is 2.01. The largest absolute Gasteiger partial charge is 0.494 e. The standard InChI is InChI=1S/C22H25N3O3/c1-3-27-19-11-9-18(10-12-19)22-24-21(28-25-22)14-13-20(26)23-15-16(2)17-7-5-4-6-8-17/h4-12,16H,3,13-15H2,1-2H3,(H,23,26). The van der Waals surface area contributed by atoms with Crippen LogP contribution in [-0.2, 0) is 11.2 Å². The van der Waals surface area contributed by atoms with Gasteiger partial charge in [0.2, 0.25) is 17.6 Å². The molecule has 3 rings (SSSR count). The Balaban J connectivity index is 1.46. The van der Waals surface area contributed by atoms with Crippen molar-refractivity contribution in [3.05, 3.63) is 66.1 Å². The average Bonchev–Trinajstić information content (AvgIpc) is 3.21. The first kappa shape index (κ1) is 19.6. The van der Waals surface area contributed by atoms with E-state index in [4.69, 9.17) is 9.26 Å². The van der Waals surface area contributed by atoms with Crippen LogP contribution in [0, 0.1) is 0 Å². The molecule has 6 heteroatoms. The van der Waals surface area contributed by atoms with Gasteiger partial charge in [-0.1, -0.05) is 42.4 Å². The van der Waals surface area contributed by atoms with Crippen molar-refractivity contribution in [1.29, 1.82) is 0 Å². The highest BCUT2D eigenvalue weighted by Crippen LogP contribution is 2.20. The van der Waals surface area contributed by atoms with Crippen molar-refractivity contribution < 1.29 is 14.1 Å². The zero-order chi connectivity index (χ0) is 19.8. The molecule has 1 amide bonds. The van der Waals surface area contributed by atoms with Gasteiger partial charge in [0.1, 0.15) is 5.75 Å². The van der Waals surface area contributed by atoms with Crippen molar-refractivity contribution in [2.75, 3.05) is 13.2 Å². The van der Waals surface area contributed by atoms with Crippen molar-refractivity contribution in [2.45, 2.75) is 32.6 Å². The Morgan fingerprint density at radius 1 is 1.14 bits per heavy atom. The van der Waals surface area contributed by atoms with E-state index in [1.165, 1.54) is 5.56 Å². The summed E-state index contributed by atoms with van der Waals surface area (Å²) in [6.45, 7) is 5.26. The number of hydrogen-bond donors (Lipinski definition) is 1. The van der Waals surface area contributed by atoms with Crippen LogP contribution in [0.3, 0.4) is 0 Å². The summed E-state index contributed by atoms with van der Waals surface area (Å²) in [7, 11) is 0. The molecule has 1 atom stereocenters. The topological polar surface area (TPSA) is 77.2 Å². The van der Waals surface area contributed by atoms with Crippen LogP contribution in [-0.4, -0.2) is 29.2 Å². The molecule has 1 heterocycles. The quantitative estimate of drug-likeness (QED) is 0.608. The van der Waals surface area contributed by atoms with Gasteiger partial charge in [0, 0.05) is 24.9 Å². The van der Waals surface area contributed by atoms with Gasteiger partial charge < -0.3 is 14.6 Å². The Labute approximate surface area is 164 Å². The first-order valence-corrected chi connectivity index (χ1v) is 9.53. The van der Waals surface area contributed by atoms with Crippen LogP contribution < -0.4 is 10.1 Å². The fourth-order valence-corrected chi connectivity index (χ4v) is 2.82. The number of rotatable bonds is 9. The van der Waals surface area contributed by atoms with E-state index in [-0.39, 0.29) is 11.8 Å². The van der Waals surface area contributed by atoms with E-state index in [9.17, 15) is 4.79 Å². The first-order chi connectivity index (χ1) is 13.7. The Kier molecular flexibility index (Phi) is 6.78. The maximum Gasteiger partial charge on any atom is 0.227 e. The number of nitrogens with one attached hydrogen (secondary N) is 1. The zero-order valence-electron chi connectivity index (χ0n) is 16.2. The molecule has 0 bridgehead atoms. The summed E-state index contributed by atoms with van der Waals surface area (Å²) < 4.78 is 10.7. The van der Waals surface area contributed by atoms with Gasteiger partial charge in [0.25, 0.3) is 0 Å². The summed E-state index contributed by atoms with van der Waals surface area (Å²) >= 11 is 0. The molecule has 28 heavy (non-hydrogen) atoms. The Bertz CT molecular complexity index is 876. The highest BCUT2D eigenvalue weighted by molar-refractivity contribution is 5.76. The van der Waals surface area contributed by atoms with E-state index in [0.29, 0.717) is 37.7 Å². The van der Waals surface area contributed by atoms with Crippen LogP contribution in [0.4, 0.5) is 0 Å². The van der Waals surface area contributed by atoms with Crippen molar-refractivity contribution in [3.63, 3.8) is 0 Å². The molecule has 1 aromatic heterocycles. The number of carbonyl (C=O) groups is 1. The van der Waals surface area contributed by atoms with Crippen molar-refractivity contribution in [3.8, 4) is 17.1 Å². The van der Waals surface area contributed by atoms with Crippen LogP contribution in [0.1, 0.15) is 37.6 Å². The van der Waals surface area contributed by atoms with E-state index in [1.54, 1.807) is 0 Å². The molecule has 0 saturated heterocycles. The van der Waals surface area contributed by atoms with Crippen LogP contribution in [0.5, 0.6) is 5.75 Å². The highest BCUT2D eigenvalue weighted by atomic mass is 16.5. The first-order valence-electron chi connectivity index (χ1n) is 9.53. The van der Waals surface area contributed by atoms with Crippen LogP contribution in [0.25, 0.3) is 11.4 Å². The second kappa shape index (κ2) is 9.69. The molecule has 6 nitrogen and oxygen atoms in total. The molecule has 0 saturated carbocycles. The molecule has 1 N–H and O–H groups in total. The molecule has 1 unspecified atom stereocenters. The zero-order valence-corrected chi connectivity index (χ0v) is 16.2. The van der Waals surface area contributed by atoms with Gasteiger partial charge in [-0.15, -0.1) is 0 Å². The second-order valence-electron chi connectivity index (χ2n) is 6.58. The molecule has 0 fully saturated rings. The average molecular weight is 379 g/mol. The van der Waals surface area contributed by atoms with E-state index >= 15 is 0 Å². The monoisotopic (exact) mass is 379 g/mol. The van der Waals surface area contributed by atoms with Crippen molar-refractivity contribution >= 4 is 5.91 Å². The van der Waals surface area contributed by atoms with E-state index < -0.39 is 0 Å². The third-order valence-electron chi connectivity index (χ3n) is 4.43. The smallest absolute Gasteiger partial charge is 0.227 e. The maximum atomic E-state index is 12.1. The Morgan fingerprint density at radius 2 is 1.89 bits per heavy atom. The van der Waals surface area contributed by atoms with Crippen molar-refractivity contribution in [2.24, 2.45) is 0 Å².